The van der Waals surface area contributed by atoms with Crippen molar-refractivity contribution in [2.24, 2.45) is 7.05 Å². The minimum absolute atomic E-state index is 0.0328. The number of halogens is 5. The third-order valence-electron chi connectivity index (χ3n) is 3.38. The zero-order chi connectivity index (χ0) is 20.4. The van der Waals surface area contributed by atoms with Gasteiger partial charge in [0.2, 0.25) is 11.3 Å². The van der Waals surface area contributed by atoms with Crippen LogP contribution in [0.4, 0.5) is 22.0 Å². The summed E-state index contributed by atoms with van der Waals surface area (Å²) in [6.07, 6.45) is -4.44. The predicted octanol–water partition coefficient (Wildman–Crippen LogP) is 2.55. The van der Waals surface area contributed by atoms with Gasteiger partial charge in [0.1, 0.15) is 5.69 Å². The number of ether oxygens (including phenoxy) is 1. The Kier molecular flexibility index (Phi) is 5.97. The fourth-order valence-corrected chi connectivity index (χ4v) is 2.88. The number of nitrogens with zero attached hydrogens (tertiary/aromatic N) is 3. The first kappa shape index (κ1) is 20.9. The average molecular weight is 411 g/mol. The minimum atomic E-state index is -5.79. The van der Waals surface area contributed by atoms with E-state index in [1.54, 1.807) is 6.92 Å². The fourth-order valence-electron chi connectivity index (χ4n) is 1.98. The number of hydrogen-bond acceptors (Lipinski definition) is 5. The molecule has 2 aromatic rings. The quantitative estimate of drug-likeness (QED) is 0.683. The molecule has 1 atom stereocenters. The number of aromatic nitrogens is 3. The van der Waals surface area contributed by atoms with Crippen molar-refractivity contribution in [3.63, 3.8) is 0 Å². The lowest BCUT2D eigenvalue weighted by Crippen LogP contribution is -2.42. The van der Waals surface area contributed by atoms with Crippen LogP contribution < -0.4 is 10.2 Å². The molecule has 0 saturated carbocycles. The third kappa shape index (κ3) is 4.49. The van der Waals surface area contributed by atoms with E-state index >= 15 is 0 Å². The van der Waals surface area contributed by atoms with Gasteiger partial charge in [0, 0.05) is 25.1 Å². The second kappa shape index (κ2) is 7.71. The molecule has 0 aliphatic rings. The predicted molar refractivity (Wildman–Crippen MR) is 86.2 cm³/mol. The molecule has 27 heavy (non-hydrogen) atoms. The van der Waals surface area contributed by atoms with Gasteiger partial charge in [0.05, 0.1) is 15.7 Å². The summed E-state index contributed by atoms with van der Waals surface area (Å²) in [7, 11) is -0.256. The first-order valence-electron chi connectivity index (χ1n) is 7.47. The van der Waals surface area contributed by atoms with E-state index < -0.39 is 40.8 Å². The Bertz CT molecular complexity index is 914. The van der Waals surface area contributed by atoms with E-state index in [2.05, 4.69) is 14.8 Å². The summed E-state index contributed by atoms with van der Waals surface area (Å²) in [5, 5.41) is 3.84. The van der Waals surface area contributed by atoms with Crippen LogP contribution in [-0.4, -0.2) is 43.4 Å². The second-order valence-electron chi connectivity index (χ2n) is 5.29. The monoisotopic (exact) mass is 411 g/mol. The smallest absolute Gasteiger partial charge is 0.456 e. The third-order valence-corrected chi connectivity index (χ3v) is 4.72. The Hall–Kier alpha value is -2.37. The Morgan fingerprint density at radius 1 is 1.22 bits per heavy atom. The molecular formula is C15H14F5N3O3S. The van der Waals surface area contributed by atoms with Crippen molar-refractivity contribution in [2.75, 3.05) is 12.4 Å². The maximum atomic E-state index is 13.0. The summed E-state index contributed by atoms with van der Waals surface area (Å²) < 4.78 is 79.9. The van der Waals surface area contributed by atoms with E-state index in [0.29, 0.717) is 0 Å². The van der Waals surface area contributed by atoms with Crippen molar-refractivity contribution < 1.29 is 30.9 Å². The average Bonchev–Trinajstić information content (AvgIpc) is 2.60. The first-order valence-corrected chi connectivity index (χ1v) is 8.79. The Morgan fingerprint density at radius 2 is 1.89 bits per heavy atom. The molecular weight excluding hydrogens is 397 g/mol. The van der Waals surface area contributed by atoms with Crippen molar-refractivity contribution in [3.8, 4) is 17.3 Å². The van der Waals surface area contributed by atoms with E-state index in [1.165, 1.54) is 25.4 Å². The molecule has 1 unspecified atom stereocenters. The standard InChI is InChI=1S/C15H14F5N3O3S/c1-3-27(25)10-5-4-6-21-13(10)12-9(24)7-11(23(2)22-12)26-8-14(16,17)15(18,19)20/h4-7H,3,8H2,1-2H3. The Morgan fingerprint density at radius 3 is 2.48 bits per heavy atom. The van der Waals surface area contributed by atoms with E-state index in [9.17, 15) is 31.0 Å². The maximum absolute atomic E-state index is 13.0. The Labute approximate surface area is 152 Å². The molecule has 0 saturated heterocycles. The molecule has 0 spiro atoms. The minimum Gasteiger partial charge on any atom is -0.471 e. The molecule has 2 aromatic heterocycles. The van der Waals surface area contributed by atoms with Crippen LogP contribution in [0.3, 0.4) is 0 Å². The SMILES string of the molecule is CCS(=O)c1cccnc1-c1nn(C)c(OCC(F)(F)C(F)(F)F)cc1=O. The summed E-state index contributed by atoms with van der Waals surface area (Å²) in [5.41, 5.74) is -1.03. The second-order valence-corrected chi connectivity index (χ2v) is 7.00. The normalized spacial score (nSPS) is 13.4. The zero-order valence-electron chi connectivity index (χ0n) is 14.1. The highest BCUT2D eigenvalue weighted by Gasteiger charge is 2.58. The van der Waals surface area contributed by atoms with Crippen LogP contribution >= 0.6 is 0 Å². The number of aryl methyl sites for hydroxylation is 1. The van der Waals surface area contributed by atoms with Crippen LogP contribution in [0.15, 0.2) is 34.1 Å². The molecule has 0 aliphatic heterocycles. The van der Waals surface area contributed by atoms with Crippen molar-refractivity contribution in [1.29, 1.82) is 0 Å². The Balaban J connectivity index is 2.40. The molecule has 0 N–H and O–H groups in total. The van der Waals surface area contributed by atoms with Gasteiger partial charge in [-0.15, -0.1) is 0 Å². The van der Waals surface area contributed by atoms with Crippen LogP contribution in [0, 0.1) is 0 Å². The van der Waals surface area contributed by atoms with Gasteiger partial charge in [-0.25, -0.2) is 4.68 Å². The molecule has 2 rings (SSSR count). The number of rotatable bonds is 6. The summed E-state index contributed by atoms with van der Waals surface area (Å²) in [6.45, 7) is -0.338. The van der Waals surface area contributed by atoms with Gasteiger partial charge in [-0.1, -0.05) is 6.92 Å². The highest BCUT2D eigenvalue weighted by molar-refractivity contribution is 7.85. The molecule has 0 aromatic carbocycles. The lowest BCUT2D eigenvalue weighted by Gasteiger charge is -2.20. The molecule has 148 valence electrons. The molecule has 0 amide bonds. The largest absolute Gasteiger partial charge is 0.471 e. The molecule has 2 heterocycles. The highest BCUT2D eigenvalue weighted by atomic mass is 32.2. The van der Waals surface area contributed by atoms with Gasteiger partial charge < -0.3 is 4.74 Å². The molecule has 0 fully saturated rings. The summed E-state index contributed by atoms with van der Waals surface area (Å²) in [4.78, 5) is 16.5. The zero-order valence-corrected chi connectivity index (χ0v) is 14.9. The number of alkyl halides is 5. The molecule has 0 aliphatic carbocycles. The lowest BCUT2D eigenvalue weighted by atomic mass is 10.2. The maximum Gasteiger partial charge on any atom is 0.456 e. The topological polar surface area (TPSA) is 74.1 Å². The van der Waals surface area contributed by atoms with Gasteiger partial charge in [-0.05, 0) is 12.1 Å². The van der Waals surface area contributed by atoms with E-state index in [0.717, 1.165) is 10.7 Å². The van der Waals surface area contributed by atoms with Gasteiger partial charge in [0.15, 0.2) is 12.3 Å². The van der Waals surface area contributed by atoms with Crippen LogP contribution in [0.2, 0.25) is 0 Å². The van der Waals surface area contributed by atoms with Gasteiger partial charge in [-0.2, -0.15) is 27.1 Å². The molecule has 6 nitrogen and oxygen atoms in total. The molecule has 0 bridgehead atoms. The van der Waals surface area contributed by atoms with Gasteiger partial charge in [0.25, 0.3) is 0 Å². The van der Waals surface area contributed by atoms with Gasteiger partial charge in [-0.3, -0.25) is 14.0 Å². The summed E-state index contributed by atoms with van der Waals surface area (Å²) in [5.74, 6) is -5.41. The van der Waals surface area contributed by atoms with E-state index in [1.807, 2.05) is 0 Å². The number of pyridine rings is 1. The van der Waals surface area contributed by atoms with Crippen LogP contribution in [0.5, 0.6) is 5.88 Å². The van der Waals surface area contributed by atoms with Crippen molar-refractivity contribution in [3.05, 3.63) is 34.6 Å². The summed E-state index contributed by atoms with van der Waals surface area (Å²) >= 11 is 0. The van der Waals surface area contributed by atoms with Crippen molar-refractivity contribution in [1.82, 2.24) is 14.8 Å². The van der Waals surface area contributed by atoms with Gasteiger partial charge >= 0.3 is 12.1 Å². The number of hydrogen-bond donors (Lipinski definition) is 0. The molecule has 0 radical (unpaired) electrons. The summed E-state index contributed by atoms with van der Waals surface area (Å²) in [6, 6.07) is 3.74. The van der Waals surface area contributed by atoms with E-state index in [4.69, 9.17) is 0 Å². The molecule has 12 heteroatoms. The van der Waals surface area contributed by atoms with Crippen molar-refractivity contribution >= 4 is 10.8 Å². The lowest BCUT2D eigenvalue weighted by molar-refractivity contribution is -0.290. The van der Waals surface area contributed by atoms with Crippen LogP contribution in [0.25, 0.3) is 11.4 Å². The first-order chi connectivity index (χ1) is 12.5. The van der Waals surface area contributed by atoms with Crippen LogP contribution in [-0.2, 0) is 17.8 Å². The fraction of sp³-hybridized carbons (Fsp3) is 0.400. The van der Waals surface area contributed by atoms with Crippen molar-refractivity contribution in [2.45, 2.75) is 23.9 Å². The van der Waals surface area contributed by atoms with Crippen LogP contribution in [0.1, 0.15) is 6.92 Å². The highest BCUT2D eigenvalue weighted by Crippen LogP contribution is 2.35. The van der Waals surface area contributed by atoms with E-state index in [-0.39, 0.29) is 22.0 Å².